The Kier molecular flexibility index (Phi) is 6.37. The highest BCUT2D eigenvalue weighted by Gasteiger charge is 2.26. The van der Waals surface area contributed by atoms with Gasteiger partial charge < -0.3 is 9.84 Å². The smallest absolute Gasteiger partial charge is 0.303 e. The number of nitrogens with one attached hydrogen (secondary N) is 1. The number of rotatable bonds is 9. The van der Waals surface area contributed by atoms with Crippen LogP contribution >= 0.6 is 0 Å². The fourth-order valence-corrected chi connectivity index (χ4v) is 3.27. The van der Waals surface area contributed by atoms with Crippen LogP contribution in [0, 0.1) is 0 Å². The van der Waals surface area contributed by atoms with Gasteiger partial charge in [0, 0.05) is 12.0 Å². The summed E-state index contributed by atoms with van der Waals surface area (Å²) in [5.41, 5.74) is -0.839. The molecule has 0 aromatic heterocycles. The average molecular weight is 329 g/mol. The molecule has 0 atom stereocenters. The monoisotopic (exact) mass is 329 g/mol. The van der Waals surface area contributed by atoms with Gasteiger partial charge in [-0.05, 0) is 51.0 Å². The van der Waals surface area contributed by atoms with Crippen molar-refractivity contribution in [3.05, 3.63) is 24.3 Å². The number of hydrogen-bond acceptors (Lipinski definition) is 4. The van der Waals surface area contributed by atoms with Crippen LogP contribution < -0.4 is 9.46 Å². The van der Waals surface area contributed by atoms with E-state index in [0.717, 1.165) is 6.42 Å². The summed E-state index contributed by atoms with van der Waals surface area (Å²) in [6, 6.07) is 6.16. The summed E-state index contributed by atoms with van der Waals surface area (Å²) in [5, 5.41) is 8.70. The summed E-state index contributed by atoms with van der Waals surface area (Å²) in [6.45, 7) is 5.88. The zero-order chi connectivity index (χ0) is 16.8. The summed E-state index contributed by atoms with van der Waals surface area (Å²) in [6.07, 6.45) is 0.984. The lowest BCUT2D eigenvalue weighted by Crippen LogP contribution is -2.43. The molecule has 0 spiro atoms. The van der Waals surface area contributed by atoms with E-state index in [0.29, 0.717) is 12.4 Å². The topological polar surface area (TPSA) is 92.7 Å². The number of aliphatic carboxylic acids is 1. The molecule has 0 aliphatic heterocycles. The molecule has 0 aliphatic rings. The van der Waals surface area contributed by atoms with Crippen molar-refractivity contribution < 1.29 is 23.1 Å². The third kappa shape index (κ3) is 6.03. The van der Waals surface area contributed by atoms with E-state index >= 15 is 0 Å². The average Bonchev–Trinajstić information content (AvgIpc) is 2.42. The maximum atomic E-state index is 12.3. The highest BCUT2D eigenvalue weighted by molar-refractivity contribution is 7.89. The Labute approximate surface area is 131 Å². The lowest BCUT2D eigenvalue weighted by molar-refractivity contribution is -0.137. The second-order valence-electron chi connectivity index (χ2n) is 5.70. The van der Waals surface area contributed by atoms with E-state index in [2.05, 4.69) is 4.72 Å². The van der Waals surface area contributed by atoms with E-state index in [-0.39, 0.29) is 17.7 Å². The van der Waals surface area contributed by atoms with Gasteiger partial charge in [0.15, 0.2) is 0 Å². The van der Waals surface area contributed by atoms with Crippen LogP contribution in [-0.4, -0.2) is 31.6 Å². The van der Waals surface area contributed by atoms with E-state index in [9.17, 15) is 13.2 Å². The van der Waals surface area contributed by atoms with Crippen molar-refractivity contribution >= 4 is 16.0 Å². The predicted molar refractivity (Wildman–Crippen MR) is 83.5 cm³/mol. The third-order valence-corrected chi connectivity index (χ3v) is 4.70. The van der Waals surface area contributed by atoms with Gasteiger partial charge in [0.2, 0.25) is 10.0 Å². The maximum absolute atomic E-state index is 12.3. The number of hydrogen-bond donors (Lipinski definition) is 2. The minimum Gasteiger partial charge on any atom is -0.494 e. The van der Waals surface area contributed by atoms with Crippen molar-refractivity contribution in [2.24, 2.45) is 0 Å². The summed E-state index contributed by atoms with van der Waals surface area (Å²) < 4.78 is 32.6. The maximum Gasteiger partial charge on any atom is 0.303 e. The number of carboxylic acids is 1. The molecule has 0 aliphatic carbocycles. The molecule has 1 rings (SSSR count). The number of sulfonamides is 1. The van der Waals surface area contributed by atoms with Crippen molar-refractivity contribution in [1.29, 1.82) is 0 Å². The van der Waals surface area contributed by atoms with Crippen LogP contribution in [0.4, 0.5) is 0 Å². The van der Waals surface area contributed by atoms with E-state index in [1.54, 1.807) is 26.0 Å². The van der Waals surface area contributed by atoms with Gasteiger partial charge in [0.05, 0.1) is 11.5 Å². The highest BCUT2D eigenvalue weighted by Crippen LogP contribution is 2.20. The molecule has 0 amide bonds. The molecule has 0 bridgehead atoms. The largest absolute Gasteiger partial charge is 0.494 e. The minimum absolute atomic E-state index is 0.0979. The van der Waals surface area contributed by atoms with E-state index < -0.39 is 21.5 Å². The molecular formula is C15H23NO5S. The molecule has 1 aromatic rings. The first kappa shape index (κ1) is 18.4. The van der Waals surface area contributed by atoms with Crippen molar-refractivity contribution in [3.63, 3.8) is 0 Å². The first-order chi connectivity index (χ1) is 10.2. The van der Waals surface area contributed by atoms with Gasteiger partial charge in [-0.15, -0.1) is 0 Å². The molecule has 22 heavy (non-hydrogen) atoms. The van der Waals surface area contributed by atoms with Crippen LogP contribution in [0.2, 0.25) is 0 Å². The molecule has 0 saturated carbocycles. The zero-order valence-electron chi connectivity index (χ0n) is 13.1. The normalized spacial score (nSPS) is 12.1. The van der Waals surface area contributed by atoms with Gasteiger partial charge in [-0.25, -0.2) is 13.1 Å². The van der Waals surface area contributed by atoms with Crippen molar-refractivity contribution in [2.75, 3.05) is 6.61 Å². The SMILES string of the molecule is CCCOc1ccc(S(=O)(=O)NC(C)(C)CCC(=O)O)cc1. The van der Waals surface area contributed by atoms with E-state index in [1.807, 2.05) is 6.92 Å². The van der Waals surface area contributed by atoms with Gasteiger partial charge in [-0.3, -0.25) is 4.79 Å². The summed E-state index contributed by atoms with van der Waals surface area (Å²) in [5.74, 6) is -0.337. The molecular weight excluding hydrogens is 306 g/mol. The van der Waals surface area contributed by atoms with Crippen molar-refractivity contribution in [2.45, 2.75) is 50.5 Å². The Morgan fingerprint density at radius 3 is 2.36 bits per heavy atom. The Morgan fingerprint density at radius 2 is 1.86 bits per heavy atom. The number of ether oxygens (including phenoxy) is 1. The van der Waals surface area contributed by atoms with Crippen LogP contribution in [0.25, 0.3) is 0 Å². The fourth-order valence-electron chi connectivity index (χ4n) is 1.83. The van der Waals surface area contributed by atoms with Gasteiger partial charge in [0.25, 0.3) is 0 Å². The minimum atomic E-state index is -3.70. The first-order valence-electron chi connectivity index (χ1n) is 7.15. The molecule has 6 nitrogen and oxygen atoms in total. The Hall–Kier alpha value is -1.60. The summed E-state index contributed by atoms with van der Waals surface area (Å²) >= 11 is 0. The zero-order valence-corrected chi connectivity index (χ0v) is 13.9. The Bertz CT molecular complexity index is 593. The van der Waals surface area contributed by atoms with Gasteiger partial charge in [-0.2, -0.15) is 0 Å². The highest BCUT2D eigenvalue weighted by atomic mass is 32.2. The van der Waals surface area contributed by atoms with Crippen LogP contribution in [0.5, 0.6) is 5.75 Å². The summed E-state index contributed by atoms with van der Waals surface area (Å²) in [4.78, 5) is 10.7. The molecule has 0 heterocycles. The first-order valence-corrected chi connectivity index (χ1v) is 8.63. The number of carbonyl (C=O) groups is 1. The quantitative estimate of drug-likeness (QED) is 0.725. The van der Waals surface area contributed by atoms with E-state index in [4.69, 9.17) is 9.84 Å². The molecule has 0 unspecified atom stereocenters. The standard InChI is InChI=1S/C15H23NO5S/c1-4-11-21-12-5-7-13(8-6-12)22(19,20)16-15(2,3)10-9-14(17)18/h5-8,16H,4,9-11H2,1-3H3,(H,17,18). The molecule has 2 N–H and O–H groups in total. The lowest BCUT2D eigenvalue weighted by atomic mass is 10.0. The van der Waals surface area contributed by atoms with Crippen LogP contribution in [0.1, 0.15) is 40.0 Å². The molecule has 124 valence electrons. The Morgan fingerprint density at radius 1 is 1.27 bits per heavy atom. The van der Waals surface area contributed by atoms with Crippen molar-refractivity contribution in [3.8, 4) is 5.75 Å². The van der Waals surface area contributed by atoms with Gasteiger partial charge in [0.1, 0.15) is 5.75 Å². The second kappa shape index (κ2) is 7.60. The van der Waals surface area contributed by atoms with Crippen LogP contribution in [0.15, 0.2) is 29.2 Å². The van der Waals surface area contributed by atoms with Crippen molar-refractivity contribution in [1.82, 2.24) is 4.72 Å². The van der Waals surface area contributed by atoms with Gasteiger partial charge >= 0.3 is 5.97 Å². The summed E-state index contributed by atoms with van der Waals surface area (Å²) in [7, 11) is -3.70. The van der Waals surface area contributed by atoms with Crippen LogP contribution in [0.3, 0.4) is 0 Å². The number of benzene rings is 1. The second-order valence-corrected chi connectivity index (χ2v) is 7.39. The fraction of sp³-hybridized carbons (Fsp3) is 0.533. The Balaban J connectivity index is 2.78. The molecule has 7 heteroatoms. The number of carboxylic acid groups (broad SMARTS) is 1. The molecule has 1 aromatic carbocycles. The predicted octanol–water partition coefficient (Wildman–Crippen LogP) is 2.40. The molecule has 0 fully saturated rings. The van der Waals surface area contributed by atoms with E-state index in [1.165, 1.54) is 12.1 Å². The third-order valence-electron chi connectivity index (χ3n) is 2.98. The van der Waals surface area contributed by atoms with Crippen LogP contribution in [-0.2, 0) is 14.8 Å². The lowest BCUT2D eigenvalue weighted by Gasteiger charge is -2.25. The molecule has 0 saturated heterocycles. The van der Waals surface area contributed by atoms with Gasteiger partial charge in [-0.1, -0.05) is 6.92 Å². The molecule has 0 radical (unpaired) electrons.